The van der Waals surface area contributed by atoms with Crippen molar-refractivity contribution >= 4 is 29.4 Å². The van der Waals surface area contributed by atoms with Gasteiger partial charge in [0.15, 0.2) is 0 Å². The maximum absolute atomic E-state index is 12.3. The second-order valence-corrected chi connectivity index (χ2v) is 6.54. The maximum atomic E-state index is 12.3. The van der Waals surface area contributed by atoms with Crippen molar-refractivity contribution < 1.29 is 19.2 Å². The number of urea groups is 1. The van der Waals surface area contributed by atoms with E-state index in [0.29, 0.717) is 26.2 Å². The van der Waals surface area contributed by atoms with Crippen molar-refractivity contribution in [1.82, 2.24) is 14.7 Å². The lowest BCUT2D eigenvalue weighted by Crippen LogP contribution is -2.53. The van der Waals surface area contributed by atoms with Gasteiger partial charge in [-0.15, -0.1) is 0 Å². The van der Waals surface area contributed by atoms with Crippen LogP contribution in [0.2, 0.25) is 0 Å². The summed E-state index contributed by atoms with van der Waals surface area (Å²) in [7, 11) is 0. The van der Waals surface area contributed by atoms with E-state index in [0.717, 1.165) is 16.2 Å². The molecule has 0 radical (unpaired) electrons. The van der Waals surface area contributed by atoms with Crippen LogP contribution in [-0.4, -0.2) is 71.2 Å². The molecule has 8 heteroatoms. The van der Waals surface area contributed by atoms with Crippen LogP contribution >= 0.6 is 0 Å². The van der Waals surface area contributed by atoms with Crippen LogP contribution in [0.1, 0.15) is 18.4 Å². The summed E-state index contributed by atoms with van der Waals surface area (Å²) in [6.45, 7) is 3.36. The van der Waals surface area contributed by atoms with Crippen molar-refractivity contribution in [2.75, 3.05) is 38.0 Å². The van der Waals surface area contributed by atoms with Crippen molar-refractivity contribution in [1.29, 1.82) is 0 Å². The van der Waals surface area contributed by atoms with Crippen molar-refractivity contribution in [3.8, 4) is 0 Å². The Morgan fingerprint density at radius 3 is 2.04 bits per heavy atom. The Hall–Kier alpha value is -2.90. The zero-order valence-electron chi connectivity index (χ0n) is 14.7. The van der Waals surface area contributed by atoms with Crippen LogP contribution in [0.5, 0.6) is 0 Å². The predicted molar refractivity (Wildman–Crippen MR) is 94.3 cm³/mol. The van der Waals surface area contributed by atoms with E-state index in [9.17, 15) is 19.2 Å². The molecule has 3 rings (SSSR count). The van der Waals surface area contributed by atoms with E-state index in [4.69, 9.17) is 0 Å². The van der Waals surface area contributed by atoms with Gasteiger partial charge in [-0.05, 0) is 19.1 Å². The number of carbonyl (C=O) groups excluding carboxylic acids is 4. The van der Waals surface area contributed by atoms with Crippen LogP contribution in [-0.2, 0) is 14.4 Å². The fourth-order valence-electron chi connectivity index (χ4n) is 3.03. The molecule has 2 heterocycles. The van der Waals surface area contributed by atoms with E-state index >= 15 is 0 Å². The van der Waals surface area contributed by atoms with Gasteiger partial charge in [0.25, 0.3) is 0 Å². The summed E-state index contributed by atoms with van der Waals surface area (Å²) in [4.78, 5) is 52.1. The summed E-state index contributed by atoms with van der Waals surface area (Å²) in [6.07, 6.45) is 0.359. The van der Waals surface area contributed by atoms with Crippen LogP contribution in [0.25, 0.3) is 0 Å². The van der Waals surface area contributed by atoms with Gasteiger partial charge in [-0.2, -0.15) is 0 Å². The first kappa shape index (κ1) is 17.9. The zero-order chi connectivity index (χ0) is 18.7. The Bertz CT molecular complexity index is 707. The second kappa shape index (κ2) is 7.55. The molecule has 8 nitrogen and oxygen atoms in total. The first-order valence-corrected chi connectivity index (χ1v) is 8.67. The van der Waals surface area contributed by atoms with Crippen molar-refractivity contribution in [3.05, 3.63) is 29.8 Å². The lowest BCUT2D eigenvalue weighted by Gasteiger charge is -2.35. The summed E-state index contributed by atoms with van der Waals surface area (Å²) in [5.74, 6) is -0.842. The SMILES string of the molecule is Cc1ccc(NC(=O)N2CCN(C(=O)CN3C(=O)CCC3=O)CC2)cc1. The molecule has 0 aromatic heterocycles. The van der Waals surface area contributed by atoms with E-state index in [1.54, 1.807) is 9.80 Å². The van der Waals surface area contributed by atoms with Crippen molar-refractivity contribution in [2.24, 2.45) is 0 Å². The Balaban J connectivity index is 1.48. The number of piperazine rings is 1. The molecule has 0 atom stereocenters. The van der Waals surface area contributed by atoms with Crippen molar-refractivity contribution in [3.63, 3.8) is 0 Å². The largest absolute Gasteiger partial charge is 0.338 e. The number of likely N-dealkylation sites (tertiary alicyclic amines) is 1. The molecule has 1 aromatic rings. The quantitative estimate of drug-likeness (QED) is 0.810. The molecular formula is C18H22N4O4. The van der Waals surface area contributed by atoms with Gasteiger partial charge in [0.2, 0.25) is 17.7 Å². The minimum absolute atomic E-state index is 0.180. The molecule has 1 aromatic carbocycles. The third-order valence-electron chi connectivity index (χ3n) is 4.67. The number of imide groups is 1. The van der Waals surface area contributed by atoms with E-state index in [1.807, 2.05) is 31.2 Å². The molecule has 0 bridgehead atoms. The molecule has 0 spiro atoms. The number of carbonyl (C=O) groups is 4. The fourth-order valence-corrected chi connectivity index (χ4v) is 3.03. The highest BCUT2D eigenvalue weighted by atomic mass is 16.2. The Morgan fingerprint density at radius 2 is 1.46 bits per heavy atom. The Labute approximate surface area is 151 Å². The number of amides is 5. The standard InChI is InChI=1S/C18H22N4O4/c1-13-2-4-14(5-3-13)19-18(26)21-10-8-20(9-11-21)17(25)12-22-15(23)6-7-16(22)24/h2-5H,6-12H2,1H3,(H,19,26). The van der Waals surface area contributed by atoms with Gasteiger partial charge in [0, 0.05) is 44.7 Å². The molecule has 2 aliphatic heterocycles. The third kappa shape index (κ3) is 4.01. The van der Waals surface area contributed by atoms with Crippen LogP contribution < -0.4 is 5.32 Å². The highest BCUT2D eigenvalue weighted by Gasteiger charge is 2.33. The molecular weight excluding hydrogens is 336 g/mol. The van der Waals surface area contributed by atoms with Crippen LogP contribution in [0.15, 0.2) is 24.3 Å². The molecule has 0 saturated carbocycles. The summed E-state index contributed by atoms with van der Waals surface area (Å²) in [5.41, 5.74) is 1.84. The summed E-state index contributed by atoms with van der Waals surface area (Å²) >= 11 is 0. The number of anilines is 1. The van der Waals surface area contributed by atoms with Gasteiger partial charge < -0.3 is 15.1 Å². The lowest BCUT2D eigenvalue weighted by atomic mass is 10.2. The van der Waals surface area contributed by atoms with Gasteiger partial charge in [-0.25, -0.2) is 4.79 Å². The number of hydrogen-bond acceptors (Lipinski definition) is 4. The number of aryl methyl sites for hydroxylation is 1. The average molecular weight is 358 g/mol. The summed E-state index contributed by atoms with van der Waals surface area (Å²) in [5, 5.41) is 2.84. The minimum atomic E-state index is -0.292. The molecule has 2 saturated heterocycles. The number of hydrogen-bond donors (Lipinski definition) is 1. The summed E-state index contributed by atoms with van der Waals surface area (Å²) in [6, 6.07) is 7.33. The number of rotatable bonds is 3. The van der Waals surface area contributed by atoms with E-state index in [2.05, 4.69) is 5.32 Å². The Kier molecular flexibility index (Phi) is 5.20. The minimum Gasteiger partial charge on any atom is -0.338 e. The van der Waals surface area contributed by atoms with Crippen molar-refractivity contribution in [2.45, 2.75) is 19.8 Å². The smallest absolute Gasteiger partial charge is 0.321 e. The van der Waals surface area contributed by atoms with Crippen LogP contribution in [0, 0.1) is 6.92 Å². The van der Waals surface area contributed by atoms with E-state index in [-0.39, 0.29) is 43.1 Å². The fraction of sp³-hybridized carbons (Fsp3) is 0.444. The number of nitrogens with one attached hydrogen (secondary N) is 1. The van der Waals surface area contributed by atoms with Gasteiger partial charge in [-0.3, -0.25) is 19.3 Å². The molecule has 0 aliphatic carbocycles. The normalized spacial score (nSPS) is 17.7. The molecule has 26 heavy (non-hydrogen) atoms. The molecule has 0 unspecified atom stereocenters. The third-order valence-corrected chi connectivity index (χ3v) is 4.67. The van der Waals surface area contributed by atoms with Gasteiger partial charge in [0.1, 0.15) is 6.54 Å². The van der Waals surface area contributed by atoms with Gasteiger partial charge in [-0.1, -0.05) is 17.7 Å². The van der Waals surface area contributed by atoms with E-state index in [1.165, 1.54) is 0 Å². The number of benzene rings is 1. The monoisotopic (exact) mass is 358 g/mol. The second-order valence-electron chi connectivity index (χ2n) is 6.54. The van der Waals surface area contributed by atoms with Gasteiger partial charge in [0.05, 0.1) is 0 Å². The Morgan fingerprint density at radius 1 is 0.923 bits per heavy atom. The first-order valence-electron chi connectivity index (χ1n) is 8.67. The van der Waals surface area contributed by atoms with E-state index < -0.39 is 0 Å². The maximum Gasteiger partial charge on any atom is 0.321 e. The molecule has 1 N–H and O–H groups in total. The number of nitrogens with zero attached hydrogens (tertiary/aromatic N) is 3. The highest BCUT2D eigenvalue weighted by Crippen LogP contribution is 2.13. The zero-order valence-corrected chi connectivity index (χ0v) is 14.7. The van der Waals surface area contributed by atoms with Gasteiger partial charge >= 0.3 is 6.03 Å². The molecule has 2 fully saturated rings. The molecule has 5 amide bonds. The first-order chi connectivity index (χ1) is 12.4. The summed E-state index contributed by atoms with van der Waals surface area (Å²) < 4.78 is 0. The predicted octanol–water partition coefficient (Wildman–Crippen LogP) is 0.820. The molecule has 138 valence electrons. The van der Waals surface area contributed by atoms with Crippen LogP contribution in [0.4, 0.5) is 10.5 Å². The topological polar surface area (TPSA) is 90.0 Å². The van der Waals surface area contributed by atoms with Crippen LogP contribution in [0.3, 0.4) is 0 Å². The molecule has 2 aliphatic rings. The lowest BCUT2D eigenvalue weighted by molar-refractivity contribution is -0.146. The highest BCUT2D eigenvalue weighted by molar-refractivity contribution is 6.04. The average Bonchev–Trinajstić information content (AvgIpc) is 2.95.